The molecule has 0 atom stereocenters. The van der Waals surface area contributed by atoms with E-state index in [0.717, 1.165) is 6.42 Å². The summed E-state index contributed by atoms with van der Waals surface area (Å²) in [5, 5.41) is 15.4. The molecule has 3 aromatic carbocycles. The molecule has 34 heavy (non-hydrogen) atoms. The van der Waals surface area contributed by atoms with Crippen molar-refractivity contribution in [1.29, 1.82) is 0 Å². The molecule has 0 saturated carbocycles. The molecule has 0 aliphatic carbocycles. The van der Waals surface area contributed by atoms with Crippen LogP contribution in [0.5, 0.6) is 0 Å². The Morgan fingerprint density at radius 2 is 1.38 bits per heavy atom. The molecule has 1 amide bonds. The summed E-state index contributed by atoms with van der Waals surface area (Å²) in [6, 6.07) is 28.9. The Labute approximate surface area is 219 Å². The van der Waals surface area contributed by atoms with Crippen LogP contribution < -0.4 is 21.2 Å². The van der Waals surface area contributed by atoms with Gasteiger partial charge in [-0.25, -0.2) is 0 Å². The number of hydrogen-bond acceptors (Lipinski definition) is 3. The van der Waals surface area contributed by atoms with E-state index in [0.29, 0.717) is 25.3 Å². The van der Waals surface area contributed by atoms with Crippen LogP contribution in [0.4, 0.5) is 0 Å². The first-order chi connectivity index (χ1) is 16.7. The third-order valence-electron chi connectivity index (χ3n) is 4.40. The Bertz CT molecular complexity index is 927. The molecule has 2 radical (unpaired) electrons. The second-order valence-electron chi connectivity index (χ2n) is 6.67. The average Bonchev–Trinajstić information content (AvgIpc) is 2.89. The van der Waals surface area contributed by atoms with Crippen molar-refractivity contribution in [3.63, 3.8) is 0 Å². The topological polar surface area (TPSA) is 58.6 Å². The number of carbonyl (C=O) groups excluding carboxylic acids is 1. The molecular formula is C27H28ClNO3PPd+. The van der Waals surface area contributed by atoms with E-state index < -0.39 is 7.92 Å². The van der Waals surface area contributed by atoms with Gasteiger partial charge in [0.2, 0.25) is 0 Å². The summed E-state index contributed by atoms with van der Waals surface area (Å²) >= 11 is 2.22. The van der Waals surface area contributed by atoms with Gasteiger partial charge >= 0.3 is 27.7 Å². The number of aliphatic hydroxyl groups excluding tert-OH is 1. The van der Waals surface area contributed by atoms with E-state index in [1.54, 1.807) is 5.92 Å². The number of nitrogens with one attached hydrogen (secondary N) is 1. The molecule has 4 nitrogen and oxygen atoms in total. The van der Waals surface area contributed by atoms with Gasteiger partial charge in [-0.15, -0.1) is 12.3 Å². The molecule has 2 N–H and O–H groups in total. The van der Waals surface area contributed by atoms with E-state index in [-0.39, 0.29) is 12.5 Å². The first-order valence-electron chi connectivity index (χ1n) is 10.5. The molecule has 0 aromatic heterocycles. The summed E-state index contributed by atoms with van der Waals surface area (Å²) in [5.74, 6) is 1.67. The van der Waals surface area contributed by atoms with Crippen molar-refractivity contribution in [2.24, 2.45) is 0 Å². The maximum atomic E-state index is 12.4. The monoisotopic (exact) mass is 586 g/mol. The van der Waals surface area contributed by atoms with Crippen LogP contribution in [0.25, 0.3) is 0 Å². The first-order valence-corrected chi connectivity index (χ1v) is 13.8. The van der Waals surface area contributed by atoms with Crippen molar-refractivity contribution in [3.8, 4) is 12.3 Å². The molecule has 180 valence electrons. The molecule has 0 fully saturated rings. The molecule has 0 saturated heterocycles. The van der Waals surface area contributed by atoms with Crippen molar-refractivity contribution in [2.45, 2.75) is 6.42 Å². The van der Waals surface area contributed by atoms with Crippen molar-refractivity contribution in [3.05, 3.63) is 97.4 Å². The zero-order chi connectivity index (χ0) is 25.0. The summed E-state index contributed by atoms with van der Waals surface area (Å²) in [7, 11) is 3.82. The summed E-state index contributed by atoms with van der Waals surface area (Å²) in [6.45, 7) is 5.80. The first kappa shape index (κ1) is 30.0. The van der Waals surface area contributed by atoms with Crippen molar-refractivity contribution < 1.29 is 32.8 Å². The quantitative estimate of drug-likeness (QED) is 0.165. The van der Waals surface area contributed by atoms with E-state index in [9.17, 15) is 4.79 Å². The van der Waals surface area contributed by atoms with Gasteiger partial charge < -0.3 is 15.2 Å². The van der Waals surface area contributed by atoms with Gasteiger partial charge in [0.15, 0.2) is 0 Å². The van der Waals surface area contributed by atoms with Gasteiger partial charge in [0.05, 0.1) is 13.2 Å². The summed E-state index contributed by atoms with van der Waals surface area (Å²) < 4.78 is 5.20. The van der Waals surface area contributed by atoms with Crippen LogP contribution >= 0.6 is 17.5 Å². The molecule has 3 aromatic rings. The van der Waals surface area contributed by atoms with Crippen LogP contribution in [0.15, 0.2) is 84.9 Å². The summed E-state index contributed by atoms with van der Waals surface area (Å²) in [5.41, 5.74) is 0.654. The van der Waals surface area contributed by atoms with Crippen LogP contribution in [0.3, 0.4) is 0 Å². The number of amides is 1. The predicted octanol–water partition coefficient (Wildman–Crippen LogP) is 3.59. The van der Waals surface area contributed by atoms with Gasteiger partial charge in [0.25, 0.3) is 5.91 Å². The van der Waals surface area contributed by atoms with Crippen molar-refractivity contribution in [1.82, 2.24) is 5.32 Å². The zero-order valence-corrected chi connectivity index (χ0v) is 21.9. The van der Waals surface area contributed by atoms with Crippen molar-refractivity contribution >= 4 is 39.3 Å². The SMILES string of the molecule is O=C(NCCCOCCO)c1ccc(P(c2ccccc2)c2ccccc2)cc1.[CH]C#C.[Cl][Pd+]. The van der Waals surface area contributed by atoms with Gasteiger partial charge in [0.1, 0.15) is 0 Å². The molecule has 0 heterocycles. The number of rotatable bonds is 10. The molecule has 0 aliphatic rings. The molecule has 0 unspecified atom stereocenters. The number of ether oxygens (including phenoxy) is 1. The predicted molar refractivity (Wildman–Crippen MR) is 139 cm³/mol. The molecule has 0 spiro atoms. The van der Waals surface area contributed by atoms with Gasteiger partial charge in [-0.05, 0) is 42.4 Å². The minimum absolute atomic E-state index is 0.0210. The van der Waals surface area contributed by atoms with Crippen LogP contribution in [0.2, 0.25) is 0 Å². The number of hydrogen-bond donors (Lipinski definition) is 2. The van der Waals surface area contributed by atoms with E-state index in [1.165, 1.54) is 15.9 Å². The number of halogens is 1. The fourth-order valence-electron chi connectivity index (χ4n) is 3.01. The van der Waals surface area contributed by atoms with Crippen LogP contribution in [0.1, 0.15) is 16.8 Å². The third-order valence-corrected chi connectivity index (χ3v) is 6.85. The van der Waals surface area contributed by atoms with E-state index in [2.05, 4.69) is 107 Å². The Balaban J connectivity index is 0.00000107. The normalized spacial score (nSPS) is 9.68. The fourth-order valence-corrected chi connectivity index (χ4v) is 5.29. The molecule has 7 heteroatoms. The van der Waals surface area contributed by atoms with Gasteiger partial charge in [0, 0.05) is 25.6 Å². The fraction of sp³-hybridized carbons (Fsp3) is 0.185. The van der Waals surface area contributed by atoms with Crippen LogP contribution in [-0.4, -0.2) is 37.4 Å². The Hall–Kier alpha value is -2.01. The Morgan fingerprint density at radius 3 is 1.85 bits per heavy atom. The van der Waals surface area contributed by atoms with E-state index in [1.807, 2.05) is 24.3 Å². The molecule has 0 aliphatic heterocycles. The number of aliphatic hydroxyl groups is 1. The summed E-state index contributed by atoms with van der Waals surface area (Å²) in [4.78, 5) is 12.4. The second-order valence-corrected chi connectivity index (χ2v) is 8.89. The number of carbonyl (C=O) groups is 1. The van der Waals surface area contributed by atoms with Crippen LogP contribution in [-0.2, 0) is 22.9 Å². The third kappa shape index (κ3) is 10.9. The van der Waals surface area contributed by atoms with Gasteiger partial charge in [-0.1, -0.05) is 72.8 Å². The number of terminal acetylenes is 1. The standard InChI is InChI=1S/C24H26NO3P.C3H2.ClH.Pd/c26-17-19-28-18-7-16-25-24(27)20-12-14-23(15-13-20)29(21-8-3-1-4-9-21)22-10-5-2-6-11-22;1-3-2;;/h1-6,8-15,26H,7,16-19H2,(H,25,27);1-2H;1H;/q;;;+2/p-1. The van der Waals surface area contributed by atoms with Gasteiger partial charge in [-0.2, -0.15) is 0 Å². The van der Waals surface area contributed by atoms with Crippen molar-refractivity contribution in [2.75, 3.05) is 26.4 Å². The van der Waals surface area contributed by atoms with E-state index in [4.69, 9.17) is 9.84 Å². The molecule has 0 bridgehead atoms. The second kappa shape index (κ2) is 19.3. The number of benzene rings is 3. The Kier molecular flexibility index (Phi) is 17.1. The van der Waals surface area contributed by atoms with E-state index >= 15 is 0 Å². The maximum absolute atomic E-state index is 12.4. The molecule has 3 rings (SSSR count). The Morgan fingerprint density at radius 1 is 0.912 bits per heavy atom. The molecular weight excluding hydrogens is 559 g/mol. The van der Waals surface area contributed by atoms with Gasteiger partial charge in [-0.3, -0.25) is 4.79 Å². The zero-order valence-electron chi connectivity index (χ0n) is 18.7. The van der Waals surface area contributed by atoms with Crippen LogP contribution in [0, 0.1) is 19.3 Å². The summed E-state index contributed by atoms with van der Waals surface area (Å²) in [6.07, 6.45) is 5.09. The average molecular weight is 587 g/mol. The minimum atomic E-state index is -0.666.